The van der Waals surface area contributed by atoms with Crippen LogP contribution in [0.3, 0.4) is 0 Å². The Kier molecular flexibility index (Phi) is 4.29. The summed E-state index contributed by atoms with van der Waals surface area (Å²) < 4.78 is 12.3. The van der Waals surface area contributed by atoms with Crippen LogP contribution in [-0.4, -0.2) is 14.2 Å². The molecule has 1 atom stereocenters. The van der Waals surface area contributed by atoms with Gasteiger partial charge in [-0.1, -0.05) is 17.8 Å². The van der Waals surface area contributed by atoms with Crippen LogP contribution in [0, 0.1) is 0 Å². The fourth-order valence-electron chi connectivity index (χ4n) is 2.11. The van der Waals surface area contributed by atoms with E-state index in [0.717, 1.165) is 16.0 Å². The molecule has 1 unspecified atom stereocenters. The topological polar surface area (TPSA) is 18.5 Å². The molecule has 106 valence electrons. The highest BCUT2D eigenvalue weighted by Crippen LogP contribution is 2.57. The Balaban J connectivity index is 1.89. The zero-order valence-corrected chi connectivity index (χ0v) is 15.0. The first-order chi connectivity index (χ1) is 9.68. The highest BCUT2D eigenvalue weighted by Gasteiger charge is 2.40. The van der Waals surface area contributed by atoms with E-state index in [9.17, 15) is 0 Å². The first-order valence-electron chi connectivity index (χ1n) is 6.00. The number of rotatable bonds is 4. The second-order valence-electron chi connectivity index (χ2n) is 4.25. The number of thiophene rings is 2. The molecule has 1 aliphatic rings. The molecule has 0 radical (unpaired) electrons. The number of hydrogen-bond acceptors (Lipinski definition) is 5. The van der Waals surface area contributed by atoms with Crippen molar-refractivity contribution >= 4 is 55.3 Å². The lowest BCUT2D eigenvalue weighted by Crippen LogP contribution is -2.19. The highest BCUT2D eigenvalue weighted by atomic mass is 79.9. The van der Waals surface area contributed by atoms with Gasteiger partial charge < -0.3 is 9.47 Å². The van der Waals surface area contributed by atoms with Crippen molar-refractivity contribution in [3.63, 3.8) is 0 Å². The van der Waals surface area contributed by atoms with Crippen LogP contribution in [0.2, 0.25) is 0 Å². The van der Waals surface area contributed by atoms with Crippen LogP contribution >= 0.6 is 50.4 Å². The lowest BCUT2D eigenvalue weighted by atomic mass is 10.2. The molecule has 2 nitrogen and oxygen atoms in total. The van der Waals surface area contributed by atoms with E-state index in [-0.39, 0.29) is 4.93 Å². The highest BCUT2D eigenvalue weighted by molar-refractivity contribution is 9.10. The van der Waals surface area contributed by atoms with Gasteiger partial charge in [0.15, 0.2) is 10.00 Å². The van der Waals surface area contributed by atoms with Crippen LogP contribution in [0.4, 0.5) is 0 Å². The van der Waals surface area contributed by atoms with Gasteiger partial charge in [-0.05, 0) is 39.5 Å². The Hall–Kier alpha value is -0.270. The van der Waals surface area contributed by atoms with Gasteiger partial charge in [0.2, 0.25) is 0 Å². The van der Waals surface area contributed by atoms with Crippen molar-refractivity contribution in [1.82, 2.24) is 0 Å². The summed E-state index contributed by atoms with van der Waals surface area (Å²) in [6, 6.07) is 6.18. The van der Waals surface area contributed by atoms with E-state index in [4.69, 9.17) is 9.47 Å². The molecular formula is C14H13BrO2S3. The van der Waals surface area contributed by atoms with Crippen LogP contribution in [-0.2, 0) is 9.67 Å². The Morgan fingerprint density at radius 2 is 2.10 bits per heavy atom. The minimum absolute atomic E-state index is 0.319. The summed E-state index contributed by atoms with van der Waals surface area (Å²) in [7, 11) is 3.47. The lowest BCUT2D eigenvalue weighted by Gasteiger charge is -2.25. The number of hydrogen-bond donors (Lipinski definition) is 0. The Labute approximate surface area is 138 Å². The van der Waals surface area contributed by atoms with Crippen molar-refractivity contribution in [2.24, 2.45) is 0 Å². The predicted molar refractivity (Wildman–Crippen MR) is 91.8 cm³/mol. The first kappa shape index (κ1) is 14.7. The zero-order chi connectivity index (χ0) is 14.2. The lowest BCUT2D eigenvalue weighted by molar-refractivity contribution is 0.0776. The van der Waals surface area contributed by atoms with E-state index in [0.29, 0.717) is 0 Å². The van der Waals surface area contributed by atoms with Crippen molar-refractivity contribution in [3.8, 4) is 5.06 Å². The third-order valence-corrected chi connectivity index (χ3v) is 7.95. The maximum Gasteiger partial charge on any atom is 0.173 e. The monoisotopic (exact) mass is 388 g/mol. The largest absolute Gasteiger partial charge is 0.487 e. The van der Waals surface area contributed by atoms with E-state index >= 15 is 0 Å². The third kappa shape index (κ3) is 2.48. The maximum absolute atomic E-state index is 5.87. The summed E-state index contributed by atoms with van der Waals surface area (Å²) >= 11 is 8.78. The maximum atomic E-state index is 5.87. The van der Waals surface area contributed by atoms with Gasteiger partial charge in [0.05, 0.1) is 16.9 Å². The molecule has 0 saturated carbocycles. The van der Waals surface area contributed by atoms with Crippen molar-refractivity contribution in [3.05, 3.63) is 43.9 Å². The van der Waals surface area contributed by atoms with Gasteiger partial charge in [-0.2, -0.15) is 0 Å². The van der Waals surface area contributed by atoms with Gasteiger partial charge >= 0.3 is 0 Å². The molecule has 6 heteroatoms. The zero-order valence-electron chi connectivity index (χ0n) is 11.0. The van der Waals surface area contributed by atoms with E-state index in [1.165, 1.54) is 14.7 Å². The van der Waals surface area contributed by atoms with Crippen molar-refractivity contribution in [1.29, 1.82) is 0 Å². The van der Waals surface area contributed by atoms with Gasteiger partial charge in [0, 0.05) is 22.9 Å². The average molecular weight is 389 g/mol. The van der Waals surface area contributed by atoms with Crippen molar-refractivity contribution in [2.45, 2.75) is 11.4 Å². The van der Waals surface area contributed by atoms with E-state index in [1.807, 2.05) is 6.07 Å². The second-order valence-corrected chi connectivity index (χ2v) is 8.37. The van der Waals surface area contributed by atoms with Gasteiger partial charge in [0.1, 0.15) is 0 Å². The molecular weight excluding hydrogens is 376 g/mol. The van der Waals surface area contributed by atoms with Crippen LogP contribution in [0.5, 0.6) is 5.06 Å². The number of ether oxygens (including phenoxy) is 2. The minimum Gasteiger partial charge on any atom is -0.487 e. The normalized spacial score (nSPS) is 22.1. The van der Waals surface area contributed by atoms with E-state index in [1.54, 1.807) is 48.7 Å². The van der Waals surface area contributed by atoms with Crippen molar-refractivity contribution in [2.75, 3.05) is 14.2 Å². The Bertz CT molecular complexity index is 646. The number of halogens is 1. The summed E-state index contributed by atoms with van der Waals surface area (Å²) in [6.45, 7) is 0. The Morgan fingerprint density at radius 1 is 1.25 bits per heavy atom. The third-order valence-electron chi connectivity index (χ3n) is 3.16. The molecule has 0 N–H and O–H groups in total. The standard InChI is InChI=1S/C14H13BrO2S3/c1-16-12-4-3-11(19-12)14(17-2)7-5-10(20-14)13-9(15)6-8-18-13/h3-6,8H,7H2,1-2H3. The SMILES string of the molecule is COc1ccc(C2(OC)CC=C(c3sccc3Br)S2)s1. The molecule has 0 aromatic carbocycles. The fraction of sp³-hybridized carbons (Fsp3) is 0.286. The van der Waals surface area contributed by atoms with Crippen LogP contribution in [0.25, 0.3) is 4.91 Å². The summed E-state index contributed by atoms with van der Waals surface area (Å²) in [6.07, 6.45) is 3.13. The molecule has 3 heterocycles. The van der Waals surface area contributed by atoms with Gasteiger partial charge in [-0.3, -0.25) is 0 Å². The van der Waals surface area contributed by atoms with Crippen LogP contribution in [0.1, 0.15) is 16.2 Å². The molecule has 1 aliphatic heterocycles. The molecule has 3 rings (SSSR count). The second kappa shape index (κ2) is 5.85. The predicted octanol–water partition coefficient (Wildman–Crippen LogP) is 5.56. The molecule has 0 aliphatic carbocycles. The van der Waals surface area contributed by atoms with E-state index in [2.05, 4.69) is 39.5 Å². The summed E-state index contributed by atoms with van der Waals surface area (Å²) in [5, 5.41) is 3.02. The molecule has 0 amide bonds. The van der Waals surface area contributed by atoms with Gasteiger partial charge in [-0.15, -0.1) is 22.7 Å². The van der Waals surface area contributed by atoms with Crippen LogP contribution in [0.15, 0.2) is 34.1 Å². The van der Waals surface area contributed by atoms with Crippen LogP contribution < -0.4 is 4.74 Å². The van der Waals surface area contributed by atoms with Gasteiger partial charge in [-0.25, -0.2) is 0 Å². The van der Waals surface area contributed by atoms with E-state index < -0.39 is 0 Å². The molecule has 0 spiro atoms. The fourth-order valence-corrected chi connectivity index (χ4v) is 6.32. The summed E-state index contributed by atoms with van der Waals surface area (Å²) in [5.41, 5.74) is 0. The molecule has 0 bridgehead atoms. The molecule has 0 saturated heterocycles. The minimum atomic E-state index is -0.319. The molecule has 2 aromatic heterocycles. The summed E-state index contributed by atoms with van der Waals surface area (Å²) in [4.78, 5) is 3.43. The molecule has 0 fully saturated rings. The number of thioether (sulfide) groups is 1. The smallest absolute Gasteiger partial charge is 0.173 e. The Morgan fingerprint density at radius 3 is 2.70 bits per heavy atom. The molecule has 2 aromatic rings. The average Bonchev–Trinajstić information content (AvgIpc) is 3.17. The van der Waals surface area contributed by atoms with Gasteiger partial charge in [0.25, 0.3) is 0 Å². The first-order valence-corrected chi connectivity index (χ1v) is 9.31. The molecule has 20 heavy (non-hydrogen) atoms. The number of methoxy groups -OCH3 is 2. The van der Waals surface area contributed by atoms with Crippen molar-refractivity contribution < 1.29 is 9.47 Å². The quantitative estimate of drug-likeness (QED) is 0.682. The summed E-state index contributed by atoms with van der Waals surface area (Å²) in [5.74, 6) is 0.